The van der Waals surface area contributed by atoms with Crippen molar-refractivity contribution in [3.8, 4) is 0 Å². The Labute approximate surface area is 107 Å². The highest BCUT2D eigenvalue weighted by Gasteiger charge is 2.34. The molecular weight excluding hydrogens is 230 g/mol. The zero-order chi connectivity index (χ0) is 13.3. The Hall–Kier alpha value is -1.62. The Morgan fingerprint density at radius 3 is 2.94 bits per heavy atom. The lowest BCUT2D eigenvalue weighted by Gasteiger charge is -2.41. The molecule has 1 unspecified atom stereocenters. The number of nitrogen functional groups attached to an aromatic ring is 1. The van der Waals surface area contributed by atoms with Crippen LogP contribution in [-0.4, -0.2) is 40.6 Å². The van der Waals surface area contributed by atoms with E-state index in [1.807, 2.05) is 20.8 Å². The van der Waals surface area contributed by atoms with Gasteiger partial charge in [-0.1, -0.05) is 0 Å². The van der Waals surface area contributed by atoms with E-state index in [4.69, 9.17) is 10.5 Å². The van der Waals surface area contributed by atoms with E-state index in [0.717, 1.165) is 0 Å². The van der Waals surface area contributed by atoms with Crippen molar-refractivity contribution >= 4 is 11.6 Å². The van der Waals surface area contributed by atoms with E-state index in [1.165, 1.54) is 6.20 Å². The molecule has 0 aromatic carbocycles. The maximum absolute atomic E-state index is 12.4. The van der Waals surface area contributed by atoms with E-state index in [0.29, 0.717) is 24.3 Å². The quantitative estimate of drug-likeness (QED) is 0.814. The summed E-state index contributed by atoms with van der Waals surface area (Å²) in [5.74, 6) is -0.0798. The zero-order valence-corrected chi connectivity index (χ0v) is 11.0. The Bertz CT molecular complexity index is 459. The standard InChI is InChI=1S/C13H19N3O2/c1-9-7-16(8-13(2,3)18-9)12(17)10-6-15-5-4-11(10)14/h4-6,9H,7-8H2,1-3H3,(H2,14,15). The molecule has 1 aliphatic rings. The van der Waals surface area contributed by atoms with Gasteiger partial charge in [0.2, 0.25) is 0 Å². The van der Waals surface area contributed by atoms with Crippen LogP contribution in [0, 0.1) is 0 Å². The summed E-state index contributed by atoms with van der Waals surface area (Å²) >= 11 is 0. The fourth-order valence-electron chi connectivity index (χ4n) is 2.36. The van der Waals surface area contributed by atoms with E-state index < -0.39 is 0 Å². The molecule has 5 nitrogen and oxygen atoms in total. The first kappa shape index (κ1) is 12.8. The Morgan fingerprint density at radius 1 is 1.61 bits per heavy atom. The number of amides is 1. The summed E-state index contributed by atoms with van der Waals surface area (Å²) in [6.45, 7) is 7.07. The summed E-state index contributed by atoms with van der Waals surface area (Å²) in [4.78, 5) is 18.1. The van der Waals surface area contributed by atoms with Crippen LogP contribution >= 0.6 is 0 Å². The molecule has 1 aliphatic heterocycles. The number of aromatic nitrogens is 1. The molecule has 1 amide bonds. The summed E-state index contributed by atoms with van der Waals surface area (Å²) in [6.07, 6.45) is 3.12. The predicted molar refractivity (Wildman–Crippen MR) is 69.2 cm³/mol. The molecule has 0 spiro atoms. The third-order valence-electron chi connectivity index (χ3n) is 2.94. The fraction of sp³-hybridized carbons (Fsp3) is 0.538. The normalized spacial score (nSPS) is 22.8. The number of anilines is 1. The summed E-state index contributed by atoms with van der Waals surface area (Å²) < 4.78 is 5.78. The van der Waals surface area contributed by atoms with Gasteiger partial charge in [0.15, 0.2) is 0 Å². The Kier molecular flexibility index (Phi) is 3.26. The summed E-state index contributed by atoms with van der Waals surface area (Å²) in [5.41, 5.74) is 6.41. The lowest BCUT2D eigenvalue weighted by Crippen LogP contribution is -2.53. The highest BCUT2D eigenvalue weighted by Crippen LogP contribution is 2.23. The van der Waals surface area contributed by atoms with Crippen molar-refractivity contribution in [1.29, 1.82) is 0 Å². The molecule has 1 aromatic rings. The minimum absolute atomic E-state index is 0.0237. The average molecular weight is 249 g/mol. The first-order valence-corrected chi connectivity index (χ1v) is 6.05. The van der Waals surface area contributed by atoms with Gasteiger partial charge in [0.1, 0.15) is 0 Å². The van der Waals surface area contributed by atoms with Crippen LogP contribution in [0.2, 0.25) is 0 Å². The van der Waals surface area contributed by atoms with Crippen LogP contribution in [0.3, 0.4) is 0 Å². The van der Waals surface area contributed by atoms with Crippen molar-refractivity contribution in [2.24, 2.45) is 0 Å². The average Bonchev–Trinajstić information content (AvgIpc) is 2.26. The van der Waals surface area contributed by atoms with Gasteiger partial charge in [-0.2, -0.15) is 0 Å². The number of nitrogens with zero attached hydrogens (tertiary/aromatic N) is 2. The third-order valence-corrected chi connectivity index (χ3v) is 2.94. The molecule has 1 fully saturated rings. The number of nitrogens with two attached hydrogens (primary N) is 1. The molecule has 5 heteroatoms. The van der Waals surface area contributed by atoms with E-state index in [1.54, 1.807) is 17.2 Å². The van der Waals surface area contributed by atoms with Crippen LogP contribution in [0.15, 0.2) is 18.5 Å². The maximum atomic E-state index is 12.4. The minimum atomic E-state index is -0.329. The second-order valence-corrected chi connectivity index (χ2v) is 5.34. The van der Waals surface area contributed by atoms with Gasteiger partial charge in [-0.15, -0.1) is 0 Å². The first-order valence-electron chi connectivity index (χ1n) is 6.05. The van der Waals surface area contributed by atoms with Gasteiger partial charge in [0.25, 0.3) is 5.91 Å². The maximum Gasteiger partial charge on any atom is 0.257 e. The van der Waals surface area contributed by atoms with Crippen LogP contribution in [0.1, 0.15) is 31.1 Å². The fourth-order valence-corrected chi connectivity index (χ4v) is 2.36. The number of pyridine rings is 1. The number of ether oxygens (including phenoxy) is 1. The Morgan fingerprint density at radius 2 is 2.33 bits per heavy atom. The first-order chi connectivity index (χ1) is 8.39. The van der Waals surface area contributed by atoms with Crippen LogP contribution in [0.5, 0.6) is 0 Å². The van der Waals surface area contributed by atoms with E-state index in [-0.39, 0.29) is 17.6 Å². The van der Waals surface area contributed by atoms with Crippen molar-refractivity contribution in [1.82, 2.24) is 9.88 Å². The summed E-state index contributed by atoms with van der Waals surface area (Å²) in [7, 11) is 0. The molecule has 0 radical (unpaired) electrons. The van der Waals surface area contributed by atoms with Gasteiger partial charge in [0, 0.05) is 31.2 Å². The second-order valence-electron chi connectivity index (χ2n) is 5.34. The monoisotopic (exact) mass is 249 g/mol. The predicted octanol–water partition coefficient (Wildman–Crippen LogP) is 1.30. The molecule has 2 N–H and O–H groups in total. The van der Waals surface area contributed by atoms with Crippen LogP contribution in [-0.2, 0) is 4.74 Å². The zero-order valence-electron chi connectivity index (χ0n) is 11.0. The summed E-state index contributed by atoms with van der Waals surface area (Å²) in [6, 6.07) is 1.64. The molecule has 0 bridgehead atoms. The van der Waals surface area contributed by atoms with E-state index in [2.05, 4.69) is 4.98 Å². The molecule has 1 aromatic heterocycles. The molecule has 2 heterocycles. The van der Waals surface area contributed by atoms with Gasteiger partial charge >= 0.3 is 0 Å². The van der Waals surface area contributed by atoms with Crippen LogP contribution < -0.4 is 5.73 Å². The SMILES string of the molecule is CC1CN(C(=O)c2cnccc2N)CC(C)(C)O1. The third kappa shape index (κ3) is 2.61. The van der Waals surface area contributed by atoms with Crippen molar-refractivity contribution in [2.45, 2.75) is 32.5 Å². The topological polar surface area (TPSA) is 68.5 Å². The van der Waals surface area contributed by atoms with Gasteiger partial charge in [-0.3, -0.25) is 9.78 Å². The second kappa shape index (κ2) is 4.57. The minimum Gasteiger partial charge on any atom is -0.398 e. The highest BCUT2D eigenvalue weighted by molar-refractivity contribution is 5.98. The smallest absolute Gasteiger partial charge is 0.257 e. The molecule has 0 saturated carbocycles. The highest BCUT2D eigenvalue weighted by atomic mass is 16.5. The number of hydrogen-bond donors (Lipinski definition) is 1. The molecule has 0 aliphatic carbocycles. The van der Waals surface area contributed by atoms with Crippen LogP contribution in [0.25, 0.3) is 0 Å². The molecule has 1 saturated heterocycles. The van der Waals surface area contributed by atoms with E-state index >= 15 is 0 Å². The van der Waals surface area contributed by atoms with Gasteiger partial charge in [0.05, 0.1) is 17.3 Å². The number of hydrogen-bond acceptors (Lipinski definition) is 4. The van der Waals surface area contributed by atoms with Crippen molar-refractivity contribution in [3.63, 3.8) is 0 Å². The lowest BCUT2D eigenvalue weighted by atomic mass is 10.0. The van der Waals surface area contributed by atoms with Crippen molar-refractivity contribution in [3.05, 3.63) is 24.0 Å². The number of morpholine rings is 1. The molecule has 2 rings (SSSR count). The largest absolute Gasteiger partial charge is 0.398 e. The molecule has 1 atom stereocenters. The van der Waals surface area contributed by atoms with E-state index in [9.17, 15) is 4.79 Å². The number of carbonyl (C=O) groups is 1. The lowest BCUT2D eigenvalue weighted by molar-refractivity contribution is -0.118. The van der Waals surface area contributed by atoms with Crippen molar-refractivity contribution < 1.29 is 9.53 Å². The molecule has 98 valence electrons. The van der Waals surface area contributed by atoms with Gasteiger partial charge in [-0.05, 0) is 26.8 Å². The number of carbonyl (C=O) groups excluding carboxylic acids is 1. The molecule has 18 heavy (non-hydrogen) atoms. The van der Waals surface area contributed by atoms with Gasteiger partial charge in [-0.25, -0.2) is 0 Å². The van der Waals surface area contributed by atoms with Crippen LogP contribution in [0.4, 0.5) is 5.69 Å². The van der Waals surface area contributed by atoms with Crippen molar-refractivity contribution in [2.75, 3.05) is 18.8 Å². The summed E-state index contributed by atoms with van der Waals surface area (Å²) in [5, 5.41) is 0. The Balaban J connectivity index is 2.22. The molecular formula is C13H19N3O2. The number of rotatable bonds is 1. The van der Waals surface area contributed by atoms with Gasteiger partial charge < -0.3 is 15.4 Å².